The van der Waals surface area contributed by atoms with Gasteiger partial charge in [-0.1, -0.05) is 35.5 Å². The molecule has 3 nitrogen and oxygen atoms in total. The van der Waals surface area contributed by atoms with Crippen molar-refractivity contribution in [2.75, 3.05) is 7.11 Å². The normalized spacial score (nSPS) is 11.0. The average Bonchev–Trinajstić information content (AvgIpc) is 2.81. The standard InChI is InChI=1S/C16H15ClN2OS/c1-19-15-8-5-12(17)9-14(15)18-16(19)21-10-11-3-6-13(20-2)7-4-11/h3-9H,10H2,1-2H3. The second-order valence-electron chi connectivity index (χ2n) is 4.72. The van der Waals surface area contributed by atoms with Crippen LogP contribution in [-0.4, -0.2) is 16.7 Å². The molecule has 0 amide bonds. The number of benzene rings is 2. The van der Waals surface area contributed by atoms with Gasteiger partial charge in [0.15, 0.2) is 5.16 Å². The molecule has 1 aromatic heterocycles. The predicted molar refractivity (Wildman–Crippen MR) is 88.3 cm³/mol. The summed E-state index contributed by atoms with van der Waals surface area (Å²) >= 11 is 7.73. The lowest BCUT2D eigenvalue weighted by molar-refractivity contribution is 0.414. The van der Waals surface area contributed by atoms with Gasteiger partial charge in [-0.05, 0) is 35.9 Å². The molecule has 5 heteroatoms. The number of hydrogen-bond acceptors (Lipinski definition) is 3. The zero-order valence-corrected chi connectivity index (χ0v) is 13.4. The Morgan fingerprint density at radius 3 is 2.67 bits per heavy atom. The van der Waals surface area contributed by atoms with Gasteiger partial charge in [-0.2, -0.15) is 0 Å². The molecule has 21 heavy (non-hydrogen) atoms. The third-order valence-electron chi connectivity index (χ3n) is 3.33. The highest BCUT2D eigenvalue weighted by atomic mass is 35.5. The van der Waals surface area contributed by atoms with Crippen LogP contribution in [0.25, 0.3) is 11.0 Å². The predicted octanol–water partition coefficient (Wildman–Crippen LogP) is 4.53. The minimum Gasteiger partial charge on any atom is -0.497 e. The topological polar surface area (TPSA) is 27.1 Å². The summed E-state index contributed by atoms with van der Waals surface area (Å²) in [4.78, 5) is 4.64. The monoisotopic (exact) mass is 318 g/mol. The van der Waals surface area contributed by atoms with E-state index in [1.165, 1.54) is 5.56 Å². The molecule has 0 atom stereocenters. The average molecular weight is 319 g/mol. The van der Waals surface area contributed by atoms with E-state index in [1.807, 2.05) is 37.4 Å². The lowest BCUT2D eigenvalue weighted by Crippen LogP contribution is -1.91. The first-order valence-electron chi connectivity index (χ1n) is 6.55. The Labute approximate surface area is 132 Å². The van der Waals surface area contributed by atoms with Crippen LogP contribution in [0.4, 0.5) is 0 Å². The molecule has 0 aliphatic heterocycles. The van der Waals surface area contributed by atoms with Crippen LogP contribution in [-0.2, 0) is 12.8 Å². The van der Waals surface area contributed by atoms with Crippen molar-refractivity contribution in [2.45, 2.75) is 10.9 Å². The largest absolute Gasteiger partial charge is 0.497 e. The van der Waals surface area contributed by atoms with E-state index in [0.717, 1.165) is 27.7 Å². The molecular formula is C16H15ClN2OS. The number of thioether (sulfide) groups is 1. The van der Waals surface area contributed by atoms with Crippen LogP contribution in [0.5, 0.6) is 5.75 Å². The van der Waals surface area contributed by atoms with Crippen LogP contribution in [0.1, 0.15) is 5.56 Å². The molecule has 3 rings (SSSR count). The number of rotatable bonds is 4. The summed E-state index contributed by atoms with van der Waals surface area (Å²) in [7, 11) is 3.70. The summed E-state index contributed by atoms with van der Waals surface area (Å²) in [6.07, 6.45) is 0. The van der Waals surface area contributed by atoms with Crippen LogP contribution in [0.2, 0.25) is 5.02 Å². The summed E-state index contributed by atoms with van der Waals surface area (Å²) in [5, 5.41) is 1.70. The van der Waals surface area contributed by atoms with E-state index in [2.05, 4.69) is 21.7 Å². The second kappa shape index (κ2) is 6.00. The molecular weight excluding hydrogens is 304 g/mol. The Kier molecular flexibility index (Phi) is 4.08. The van der Waals surface area contributed by atoms with Crippen molar-refractivity contribution >= 4 is 34.4 Å². The number of halogens is 1. The van der Waals surface area contributed by atoms with Gasteiger partial charge in [-0.15, -0.1) is 0 Å². The van der Waals surface area contributed by atoms with Gasteiger partial charge >= 0.3 is 0 Å². The fraction of sp³-hybridized carbons (Fsp3) is 0.188. The molecule has 1 heterocycles. The van der Waals surface area contributed by atoms with Crippen molar-refractivity contribution < 1.29 is 4.74 Å². The Morgan fingerprint density at radius 2 is 1.95 bits per heavy atom. The van der Waals surface area contributed by atoms with Crippen molar-refractivity contribution in [2.24, 2.45) is 7.05 Å². The van der Waals surface area contributed by atoms with E-state index in [-0.39, 0.29) is 0 Å². The Hall–Kier alpha value is -1.65. The minimum atomic E-state index is 0.715. The highest BCUT2D eigenvalue weighted by Crippen LogP contribution is 2.27. The second-order valence-corrected chi connectivity index (χ2v) is 6.10. The smallest absolute Gasteiger partial charge is 0.169 e. The molecule has 3 aromatic rings. The van der Waals surface area contributed by atoms with Gasteiger partial charge in [0.25, 0.3) is 0 Å². The first kappa shape index (κ1) is 14.3. The highest BCUT2D eigenvalue weighted by molar-refractivity contribution is 7.98. The molecule has 0 unspecified atom stereocenters. The molecule has 108 valence electrons. The molecule has 0 fully saturated rings. The fourth-order valence-corrected chi connectivity index (χ4v) is 3.26. The number of nitrogens with zero attached hydrogens (tertiary/aromatic N) is 2. The van der Waals surface area contributed by atoms with Crippen LogP contribution in [0.3, 0.4) is 0 Å². The van der Waals surface area contributed by atoms with Crippen LogP contribution in [0.15, 0.2) is 47.6 Å². The van der Waals surface area contributed by atoms with E-state index in [1.54, 1.807) is 18.9 Å². The number of fused-ring (bicyclic) bond motifs is 1. The molecule has 0 bridgehead atoms. The molecule has 0 saturated carbocycles. The molecule has 2 aromatic carbocycles. The maximum Gasteiger partial charge on any atom is 0.169 e. The van der Waals surface area contributed by atoms with E-state index in [9.17, 15) is 0 Å². The zero-order chi connectivity index (χ0) is 14.8. The first-order valence-corrected chi connectivity index (χ1v) is 7.91. The van der Waals surface area contributed by atoms with E-state index in [0.29, 0.717) is 5.02 Å². The number of aryl methyl sites for hydroxylation is 1. The van der Waals surface area contributed by atoms with E-state index >= 15 is 0 Å². The first-order chi connectivity index (χ1) is 10.2. The van der Waals surface area contributed by atoms with Gasteiger partial charge in [0.1, 0.15) is 5.75 Å². The SMILES string of the molecule is COc1ccc(CSc2nc3cc(Cl)ccc3n2C)cc1. The number of hydrogen-bond donors (Lipinski definition) is 0. The van der Waals surface area contributed by atoms with Crippen molar-refractivity contribution in [1.82, 2.24) is 9.55 Å². The fourth-order valence-electron chi connectivity index (χ4n) is 2.15. The summed E-state index contributed by atoms with van der Waals surface area (Å²) in [6.45, 7) is 0. The summed E-state index contributed by atoms with van der Waals surface area (Å²) in [5.74, 6) is 1.75. The molecule has 0 radical (unpaired) electrons. The maximum atomic E-state index is 6.01. The van der Waals surface area contributed by atoms with E-state index in [4.69, 9.17) is 16.3 Å². The Balaban J connectivity index is 1.79. The lowest BCUT2D eigenvalue weighted by Gasteiger charge is -2.04. The highest BCUT2D eigenvalue weighted by Gasteiger charge is 2.08. The number of imidazole rings is 1. The molecule has 0 spiro atoms. The number of ether oxygens (including phenoxy) is 1. The number of aromatic nitrogens is 2. The Morgan fingerprint density at radius 1 is 1.19 bits per heavy atom. The van der Waals surface area contributed by atoms with Gasteiger partial charge in [-0.3, -0.25) is 0 Å². The van der Waals surface area contributed by atoms with Crippen molar-refractivity contribution in [3.8, 4) is 5.75 Å². The lowest BCUT2D eigenvalue weighted by atomic mass is 10.2. The minimum absolute atomic E-state index is 0.715. The van der Waals surface area contributed by atoms with Gasteiger partial charge in [0.05, 0.1) is 18.1 Å². The zero-order valence-electron chi connectivity index (χ0n) is 11.8. The summed E-state index contributed by atoms with van der Waals surface area (Å²) in [5.41, 5.74) is 3.27. The van der Waals surface area contributed by atoms with Crippen molar-refractivity contribution in [1.29, 1.82) is 0 Å². The third-order valence-corrected chi connectivity index (χ3v) is 4.66. The van der Waals surface area contributed by atoms with Crippen molar-refractivity contribution in [3.05, 3.63) is 53.1 Å². The van der Waals surface area contributed by atoms with Gasteiger partial charge < -0.3 is 9.30 Å². The number of methoxy groups -OCH3 is 1. The molecule has 0 N–H and O–H groups in total. The summed E-state index contributed by atoms with van der Waals surface area (Å²) in [6, 6.07) is 13.9. The maximum absolute atomic E-state index is 6.01. The molecule has 0 aliphatic rings. The van der Waals surface area contributed by atoms with Crippen LogP contribution >= 0.6 is 23.4 Å². The third kappa shape index (κ3) is 3.01. The molecule has 0 saturated heterocycles. The summed E-state index contributed by atoms with van der Waals surface area (Å²) < 4.78 is 7.26. The van der Waals surface area contributed by atoms with Gasteiger partial charge in [0, 0.05) is 17.8 Å². The van der Waals surface area contributed by atoms with Crippen LogP contribution in [0, 0.1) is 0 Å². The van der Waals surface area contributed by atoms with Gasteiger partial charge in [0.2, 0.25) is 0 Å². The Bertz CT molecular complexity index is 768. The van der Waals surface area contributed by atoms with Crippen LogP contribution < -0.4 is 4.74 Å². The van der Waals surface area contributed by atoms with Crippen molar-refractivity contribution in [3.63, 3.8) is 0 Å². The molecule has 0 aliphatic carbocycles. The van der Waals surface area contributed by atoms with E-state index < -0.39 is 0 Å². The van der Waals surface area contributed by atoms with Gasteiger partial charge in [-0.25, -0.2) is 4.98 Å². The quantitative estimate of drug-likeness (QED) is 0.661.